The van der Waals surface area contributed by atoms with Crippen molar-refractivity contribution in [2.45, 2.75) is 32.1 Å². The number of carbonyl (C=O) groups excluding carboxylic acids is 1. The van der Waals surface area contributed by atoms with E-state index >= 15 is 0 Å². The first-order valence-electron chi connectivity index (χ1n) is 13.8. The number of rotatable bonds is 15. The van der Waals surface area contributed by atoms with E-state index in [1.165, 1.54) is 5.56 Å². The first kappa shape index (κ1) is 31.2. The smallest absolute Gasteiger partial charge is 0.224 e. The maximum absolute atomic E-state index is 12.6. The van der Waals surface area contributed by atoms with Gasteiger partial charge in [0.2, 0.25) is 17.4 Å². The van der Waals surface area contributed by atoms with Gasteiger partial charge in [0.15, 0.2) is 23.0 Å². The van der Waals surface area contributed by atoms with E-state index in [0.29, 0.717) is 46.6 Å². The molecule has 10 nitrogen and oxygen atoms in total. The maximum Gasteiger partial charge on any atom is 0.224 e. The number of carbonyl (C=O) groups is 1. The van der Waals surface area contributed by atoms with Crippen LogP contribution in [0.2, 0.25) is 0 Å². The average molecular weight is 560 g/mol. The standard InChI is InChI=1S/C30H45N3O7/c1-35-24-18-22(19-25(36-2)29(24)39-5)10-7-12-32-14-9-15-33(17-16-32)13-8-11-28(34)31-23-20-26(37-3)30(40-6)27(21-23)38-4/h18-21H,7-17H2,1-6H3,(H,31,34). The van der Waals surface area contributed by atoms with Gasteiger partial charge in [-0.1, -0.05) is 0 Å². The predicted octanol–water partition coefficient (Wildman–Crippen LogP) is 4.10. The quantitative estimate of drug-likeness (QED) is 0.346. The van der Waals surface area contributed by atoms with Crippen molar-refractivity contribution in [2.24, 2.45) is 0 Å². The lowest BCUT2D eigenvalue weighted by Crippen LogP contribution is -2.32. The van der Waals surface area contributed by atoms with Gasteiger partial charge in [-0.2, -0.15) is 0 Å². The van der Waals surface area contributed by atoms with Crippen molar-refractivity contribution in [1.29, 1.82) is 0 Å². The minimum Gasteiger partial charge on any atom is -0.493 e. The Morgan fingerprint density at radius 2 is 1.15 bits per heavy atom. The van der Waals surface area contributed by atoms with Crippen LogP contribution in [0.1, 0.15) is 31.2 Å². The number of ether oxygens (including phenoxy) is 6. The van der Waals surface area contributed by atoms with Gasteiger partial charge in [0.25, 0.3) is 0 Å². The fourth-order valence-electron chi connectivity index (χ4n) is 5.10. The highest BCUT2D eigenvalue weighted by Gasteiger charge is 2.17. The van der Waals surface area contributed by atoms with Crippen molar-refractivity contribution in [3.8, 4) is 34.5 Å². The van der Waals surface area contributed by atoms with E-state index in [0.717, 1.165) is 65.0 Å². The summed E-state index contributed by atoms with van der Waals surface area (Å²) in [5.41, 5.74) is 1.80. The lowest BCUT2D eigenvalue weighted by atomic mass is 10.1. The first-order chi connectivity index (χ1) is 19.5. The second kappa shape index (κ2) is 16.0. The first-order valence-corrected chi connectivity index (χ1v) is 13.8. The highest BCUT2D eigenvalue weighted by Crippen LogP contribution is 2.40. The molecule has 3 rings (SSSR count). The Morgan fingerprint density at radius 1 is 0.675 bits per heavy atom. The number of nitrogens with zero attached hydrogens (tertiary/aromatic N) is 2. The summed E-state index contributed by atoms with van der Waals surface area (Å²) in [4.78, 5) is 17.6. The number of amides is 1. The molecule has 1 saturated heterocycles. The molecule has 1 heterocycles. The Balaban J connectivity index is 1.40. The molecule has 1 fully saturated rings. The molecule has 0 unspecified atom stereocenters. The van der Waals surface area contributed by atoms with Crippen LogP contribution < -0.4 is 33.7 Å². The fourth-order valence-corrected chi connectivity index (χ4v) is 5.10. The largest absolute Gasteiger partial charge is 0.493 e. The Labute approximate surface area is 238 Å². The van der Waals surface area contributed by atoms with Crippen LogP contribution >= 0.6 is 0 Å². The normalized spacial score (nSPS) is 14.2. The molecule has 0 radical (unpaired) electrons. The average Bonchev–Trinajstić information content (AvgIpc) is 3.20. The molecule has 0 bridgehead atoms. The minimum atomic E-state index is -0.0301. The van der Waals surface area contributed by atoms with E-state index in [2.05, 4.69) is 15.1 Å². The van der Waals surface area contributed by atoms with Gasteiger partial charge < -0.3 is 43.5 Å². The van der Waals surface area contributed by atoms with E-state index in [-0.39, 0.29) is 5.91 Å². The summed E-state index contributed by atoms with van der Waals surface area (Å²) in [5, 5.41) is 2.95. The molecule has 1 N–H and O–H groups in total. The van der Waals surface area contributed by atoms with E-state index in [4.69, 9.17) is 28.4 Å². The summed E-state index contributed by atoms with van der Waals surface area (Å²) >= 11 is 0. The van der Waals surface area contributed by atoms with Crippen molar-refractivity contribution in [1.82, 2.24) is 9.80 Å². The molecular weight excluding hydrogens is 514 g/mol. The van der Waals surface area contributed by atoms with Gasteiger partial charge in [-0.15, -0.1) is 0 Å². The van der Waals surface area contributed by atoms with Crippen LogP contribution in [0.5, 0.6) is 34.5 Å². The zero-order valence-corrected chi connectivity index (χ0v) is 24.8. The topological polar surface area (TPSA) is 91.0 Å². The lowest BCUT2D eigenvalue weighted by molar-refractivity contribution is -0.116. The van der Waals surface area contributed by atoms with Crippen LogP contribution in [-0.4, -0.2) is 97.6 Å². The highest BCUT2D eigenvalue weighted by molar-refractivity contribution is 5.91. The van der Waals surface area contributed by atoms with E-state index in [1.807, 2.05) is 12.1 Å². The Kier molecular flexibility index (Phi) is 12.5. The highest BCUT2D eigenvalue weighted by atomic mass is 16.5. The third-order valence-electron chi connectivity index (χ3n) is 7.17. The third kappa shape index (κ3) is 8.56. The molecule has 0 saturated carbocycles. The maximum atomic E-state index is 12.6. The van der Waals surface area contributed by atoms with Gasteiger partial charge in [0.1, 0.15) is 0 Å². The van der Waals surface area contributed by atoms with Crippen LogP contribution in [0, 0.1) is 0 Å². The molecule has 0 aromatic heterocycles. The number of aryl methyl sites for hydroxylation is 1. The number of benzene rings is 2. The lowest BCUT2D eigenvalue weighted by Gasteiger charge is -2.22. The van der Waals surface area contributed by atoms with Crippen LogP contribution in [-0.2, 0) is 11.2 Å². The van der Waals surface area contributed by atoms with Crippen molar-refractivity contribution < 1.29 is 33.2 Å². The molecular formula is C30H45N3O7. The molecule has 2 aromatic rings. The summed E-state index contributed by atoms with van der Waals surface area (Å²) in [6.07, 6.45) is 4.38. The fraction of sp³-hybridized carbons (Fsp3) is 0.567. The zero-order chi connectivity index (χ0) is 28.9. The van der Waals surface area contributed by atoms with Crippen molar-refractivity contribution in [2.75, 3.05) is 87.2 Å². The van der Waals surface area contributed by atoms with Crippen LogP contribution in [0.4, 0.5) is 5.69 Å². The summed E-state index contributed by atoms with van der Waals surface area (Å²) in [6.45, 7) is 6.14. The summed E-state index contributed by atoms with van der Waals surface area (Å²) < 4.78 is 32.5. The predicted molar refractivity (Wildman–Crippen MR) is 156 cm³/mol. The van der Waals surface area contributed by atoms with Crippen LogP contribution in [0.15, 0.2) is 24.3 Å². The molecule has 40 heavy (non-hydrogen) atoms. The molecule has 1 aliphatic rings. The number of hydrogen-bond acceptors (Lipinski definition) is 9. The molecule has 1 aliphatic heterocycles. The Morgan fingerprint density at radius 3 is 1.62 bits per heavy atom. The zero-order valence-electron chi connectivity index (χ0n) is 24.8. The van der Waals surface area contributed by atoms with Crippen LogP contribution in [0.3, 0.4) is 0 Å². The summed E-state index contributed by atoms with van der Waals surface area (Å²) in [7, 11) is 9.58. The van der Waals surface area contributed by atoms with Gasteiger partial charge in [0.05, 0.1) is 42.7 Å². The SMILES string of the molecule is COc1cc(CCCN2CCCN(CCCC(=O)Nc3cc(OC)c(OC)c(OC)c3)CC2)cc(OC)c1OC. The minimum absolute atomic E-state index is 0.0301. The van der Waals surface area contributed by atoms with E-state index in [1.54, 1.807) is 54.8 Å². The van der Waals surface area contributed by atoms with Gasteiger partial charge >= 0.3 is 0 Å². The van der Waals surface area contributed by atoms with Crippen molar-refractivity contribution >= 4 is 11.6 Å². The van der Waals surface area contributed by atoms with Crippen molar-refractivity contribution in [3.63, 3.8) is 0 Å². The molecule has 0 aliphatic carbocycles. The molecule has 222 valence electrons. The third-order valence-corrected chi connectivity index (χ3v) is 7.17. The van der Waals surface area contributed by atoms with E-state index in [9.17, 15) is 4.79 Å². The molecule has 2 aromatic carbocycles. The van der Waals surface area contributed by atoms with Gasteiger partial charge in [0, 0.05) is 37.3 Å². The second-order valence-corrected chi connectivity index (χ2v) is 9.74. The van der Waals surface area contributed by atoms with Gasteiger partial charge in [-0.25, -0.2) is 0 Å². The number of anilines is 1. The number of methoxy groups -OCH3 is 6. The summed E-state index contributed by atoms with van der Waals surface area (Å²) in [5.74, 6) is 3.50. The van der Waals surface area contributed by atoms with Crippen LogP contribution in [0.25, 0.3) is 0 Å². The van der Waals surface area contributed by atoms with Gasteiger partial charge in [-0.3, -0.25) is 4.79 Å². The van der Waals surface area contributed by atoms with Gasteiger partial charge in [-0.05, 0) is 69.6 Å². The molecule has 10 heteroatoms. The monoisotopic (exact) mass is 559 g/mol. The second-order valence-electron chi connectivity index (χ2n) is 9.74. The summed E-state index contributed by atoms with van der Waals surface area (Å²) in [6, 6.07) is 7.54. The Hall–Kier alpha value is -3.37. The van der Waals surface area contributed by atoms with E-state index < -0.39 is 0 Å². The molecule has 0 atom stereocenters. The molecule has 0 spiro atoms. The van der Waals surface area contributed by atoms with Crippen molar-refractivity contribution in [3.05, 3.63) is 29.8 Å². The Bertz CT molecular complexity index is 1040. The number of hydrogen-bond donors (Lipinski definition) is 1. The number of nitrogens with one attached hydrogen (secondary N) is 1. The molecule has 1 amide bonds.